The van der Waals surface area contributed by atoms with Crippen molar-refractivity contribution in [1.29, 1.82) is 0 Å². The third-order valence-corrected chi connectivity index (χ3v) is 1.92. The minimum atomic E-state index is 0.416. The molecule has 4 heteroatoms. The molecule has 0 aromatic heterocycles. The summed E-state index contributed by atoms with van der Waals surface area (Å²) in [5.74, 6) is 0. The smallest absolute Gasteiger partial charge is 0.146 e. The van der Waals surface area contributed by atoms with Gasteiger partial charge in [0, 0.05) is 26.4 Å². The molecule has 0 atom stereocenters. The topological polar surface area (TPSA) is 36.9 Å². The second kappa shape index (κ2) is 14.8. The normalized spacial score (nSPS) is 10.9. The maximum absolute atomic E-state index is 5.37. The molecular formula is C12H26O4. The lowest BCUT2D eigenvalue weighted by Gasteiger charge is -2.05. The molecule has 0 aliphatic heterocycles. The highest BCUT2D eigenvalue weighted by Crippen LogP contribution is 1.92. The van der Waals surface area contributed by atoms with E-state index < -0.39 is 0 Å². The van der Waals surface area contributed by atoms with Crippen LogP contribution in [0.5, 0.6) is 0 Å². The van der Waals surface area contributed by atoms with Crippen LogP contribution in [-0.4, -0.2) is 46.4 Å². The van der Waals surface area contributed by atoms with Gasteiger partial charge in [-0.3, -0.25) is 0 Å². The van der Waals surface area contributed by atoms with Gasteiger partial charge in [0.15, 0.2) is 0 Å². The first kappa shape index (κ1) is 15.8. The molecule has 0 unspecified atom stereocenters. The lowest BCUT2D eigenvalue weighted by molar-refractivity contribution is -0.0555. The number of unbranched alkanes of at least 4 members (excludes halogenated alkanes) is 1. The summed E-state index contributed by atoms with van der Waals surface area (Å²) in [4.78, 5) is 0. The molecule has 0 aromatic rings. The van der Waals surface area contributed by atoms with Gasteiger partial charge in [-0.1, -0.05) is 6.92 Å². The fourth-order valence-corrected chi connectivity index (χ4v) is 1.09. The van der Waals surface area contributed by atoms with E-state index in [1.165, 1.54) is 0 Å². The van der Waals surface area contributed by atoms with Gasteiger partial charge in [-0.15, -0.1) is 0 Å². The lowest BCUT2D eigenvalue weighted by Crippen LogP contribution is -2.06. The van der Waals surface area contributed by atoms with Gasteiger partial charge in [-0.25, -0.2) is 0 Å². The van der Waals surface area contributed by atoms with E-state index in [9.17, 15) is 0 Å². The van der Waals surface area contributed by atoms with Crippen LogP contribution < -0.4 is 0 Å². The number of hydrogen-bond donors (Lipinski definition) is 0. The fourth-order valence-electron chi connectivity index (χ4n) is 1.09. The summed E-state index contributed by atoms with van der Waals surface area (Å²) in [6.07, 6.45) is 3.08. The molecule has 0 rings (SSSR count). The van der Waals surface area contributed by atoms with E-state index in [0.717, 1.165) is 45.7 Å². The van der Waals surface area contributed by atoms with Gasteiger partial charge in [0.05, 0.1) is 13.2 Å². The Hall–Kier alpha value is -0.160. The fraction of sp³-hybridized carbons (Fsp3) is 1.00. The second-order valence-corrected chi connectivity index (χ2v) is 3.45. The van der Waals surface area contributed by atoms with Gasteiger partial charge in [-0.05, 0) is 26.2 Å². The molecule has 0 N–H and O–H groups in total. The molecule has 0 amide bonds. The Morgan fingerprint density at radius 3 is 1.94 bits per heavy atom. The third-order valence-electron chi connectivity index (χ3n) is 1.92. The first-order chi connectivity index (χ1) is 7.91. The van der Waals surface area contributed by atoms with Gasteiger partial charge in [0.25, 0.3) is 0 Å². The van der Waals surface area contributed by atoms with Crippen molar-refractivity contribution >= 4 is 0 Å². The van der Waals surface area contributed by atoms with E-state index in [1.54, 1.807) is 0 Å². The zero-order valence-corrected chi connectivity index (χ0v) is 10.7. The Bertz CT molecular complexity index is 106. The van der Waals surface area contributed by atoms with E-state index in [2.05, 4.69) is 6.92 Å². The summed E-state index contributed by atoms with van der Waals surface area (Å²) < 4.78 is 21.0. The number of rotatable bonds is 13. The molecule has 0 bridgehead atoms. The molecule has 0 aliphatic carbocycles. The predicted molar refractivity (Wildman–Crippen MR) is 63.6 cm³/mol. The van der Waals surface area contributed by atoms with E-state index in [1.807, 2.05) is 6.92 Å². The van der Waals surface area contributed by atoms with Crippen LogP contribution in [0.15, 0.2) is 0 Å². The molecule has 0 radical (unpaired) electrons. The van der Waals surface area contributed by atoms with Crippen molar-refractivity contribution < 1.29 is 18.9 Å². The SMILES string of the molecule is CCCOCOCCCCOCCOCC. The van der Waals surface area contributed by atoms with Crippen molar-refractivity contribution in [2.24, 2.45) is 0 Å². The maximum Gasteiger partial charge on any atom is 0.146 e. The van der Waals surface area contributed by atoms with Crippen molar-refractivity contribution in [3.8, 4) is 0 Å². The Morgan fingerprint density at radius 1 is 0.625 bits per heavy atom. The van der Waals surface area contributed by atoms with Gasteiger partial charge in [-0.2, -0.15) is 0 Å². The molecule has 98 valence electrons. The number of ether oxygens (including phenoxy) is 4. The van der Waals surface area contributed by atoms with Crippen LogP contribution >= 0.6 is 0 Å². The van der Waals surface area contributed by atoms with Gasteiger partial charge in [0.1, 0.15) is 6.79 Å². The van der Waals surface area contributed by atoms with Crippen LogP contribution in [0.2, 0.25) is 0 Å². The van der Waals surface area contributed by atoms with E-state index >= 15 is 0 Å². The third kappa shape index (κ3) is 13.8. The molecule has 0 spiro atoms. The minimum absolute atomic E-state index is 0.416. The van der Waals surface area contributed by atoms with Crippen molar-refractivity contribution in [3.63, 3.8) is 0 Å². The summed E-state index contributed by atoms with van der Waals surface area (Å²) in [7, 11) is 0. The largest absolute Gasteiger partial charge is 0.379 e. The Morgan fingerprint density at radius 2 is 1.25 bits per heavy atom. The second-order valence-electron chi connectivity index (χ2n) is 3.45. The van der Waals surface area contributed by atoms with Crippen LogP contribution in [0.1, 0.15) is 33.1 Å². The first-order valence-corrected chi connectivity index (χ1v) is 6.22. The van der Waals surface area contributed by atoms with Crippen molar-refractivity contribution in [2.75, 3.05) is 46.4 Å². The first-order valence-electron chi connectivity index (χ1n) is 6.22. The number of hydrogen-bond acceptors (Lipinski definition) is 4. The molecule has 0 heterocycles. The molecule has 4 nitrogen and oxygen atoms in total. The quantitative estimate of drug-likeness (QED) is 0.362. The Kier molecular flexibility index (Phi) is 14.7. The highest BCUT2D eigenvalue weighted by Gasteiger charge is 1.91. The van der Waals surface area contributed by atoms with E-state index in [4.69, 9.17) is 18.9 Å². The predicted octanol–water partition coefficient (Wildman–Crippen LogP) is 2.22. The zero-order valence-electron chi connectivity index (χ0n) is 10.7. The minimum Gasteiger partial charge on any atom is -0.379 e. The summed E-state index contributed by atoms with van der Waals surface area (Å²) in [6, 6.07) is 0. The molecule has 0 saturated heterocycles. The van der Waals surface area contributed by atoms with Crippen molar-refractivity contribution in [1.82, 2.24) is 0 Å². The molecule has 0 saturated carbocycles. The summed E-state index contributed by atoms with van der Waals surface area (Å²) in [6.45, 7) is 8.93. The molecule has 0 fully saturated rings. The monoisotopic (exact) mass is 234 g/mol. The van der Waals surface area contributed by atoms with Crippen LogP contribution in [0.4, 0.5) is 0 Å². The van der Waals surface area contributed by atoms with Gasteiger partial charge >= 0.3 is 0 Å². The maximum atomic E-state index is 5.37. The molecule has 16 heavy (non-hydrogen) atoms. The summed E-state index contributed by atoms with van der Waals surface area (Å²) >= 11 is 0. The summed E-state index contributed by atoms with van der Waals surface area (Å²) in [5.41, 5.74) is 0. The lowest BCUT2D eigenvalue weighted by atomic mass is 10.3. The molecule has 0 aliphatic rings. The zero-order chi connectivity index (χ0) is 11.9. The molecule has 0 aromatic carbocycles. The Balaban J connectivity index is 2.83. The standard InChI is InChI=1S/C12H26O4/c1-3-7-15-12-16-9-6-5-8-14-11-10-13-4-2/h3-12H2,1-2H3. The highest BCUT2D eigenvalue weighted by molar-refractivity contribution is 4.38. The highest BCUT2D eigenvalue weighted by atomic mass is 16.7. The average Bonchev–Trinajstić information content (AvgIpc) is 2.31. The van der Waals surface area contributed by atoms with E-state index in [0.29, 0.717) is 20.0 Å². The van der Waals surface area contributed by atoms with Crippen LogP contribution in [0.3, 0.4) is 0 Å². The molecular weight excluding hydrogens is 208 g/mol. The Labute approximate surface area is 99.2 Å². The average molecular weight is 234 g/mol. The van der Waals surface area contributed by atoms with Crippen LogP contribution in [0, 0.1) is 0 Å². The van der Waals surface area contributed by atoms with Crippen molar-refractivity contribution in [2.45, 2.75) is 33.1 Å². The summed E-state index contributed by atoms with van der Waals surface area (Å²) in [5, 5.41) is 0. The van der Waals surface area contributed by atoms with E-state index in [-0.39, 0.29) is 0 Å². The van der Waals surface area contributed by atoms with Crippen LogP contribution in [0.25, 0.3) is 0 Å². The van der Waals surface area contributed by atoms with Gasteiger partial charge < -0.3 is 18.9 Å². The van der Waals surface area contributed by atoms with Gasteiger partial charge in [0.2, 0.25) is 0 Å². The van der Waals surface area contributed by atoms with Crippen LogP contribution in [-0.2, 0) is 18.9 Å². The van der Waals surface area contributed by atoms with Crippen molar-refractivity contribution in [3.05, 3.63) is 0 Å².